The molecular weight excluding hydrogens is 418 g/mol. The summed E-state index contributed by atoms with van der Waals surface area (Å²) in [4.78, 5) is 15.6. The highest BCUT2D eigenvalue weighted by atomic mass is 16.6. The second-order valence-corrected chi connectivity index (χ2v) is 12.5. The fraction of sp³-hybridized carbons (Fsp3) is 0.667. The Labute approximate surface area is 193 Å². The van der Waals surface area contributed by atoms with Crippen molar-refractivity contribution in [3.05, 3.63) is 48.0 Å². The fourth-order valence-electron chi connectivity index (χ4n) is 11.3. The van der Waals surface area contributed by atoms with Crippen LogP contribution in [0.2, 0.25) is 0 Å². The van der Waals surface area contributed by atoms with Crippen molar-refractivity contribution >= 4 is 5.97 Å². The van der Waals surface area contributed by atoms with Crippen LogP contribution in [-0.2, 0) is 4.74 Å². The van der Waals surface area contributed by atoms with Gasteiger partial charge in [-0.05, 0) is 61.1 Å². The van der Waals surface area contributed by atoms with Gasteiger partial charge in [0.25, 0.3) is 0 Å². The summed E-state index contributed by atoms with van der Waals surface area (Å²) < 4.78 is 6.03. The van der Waals surface area contributed by atoms with Crippen molar-refractivity contribution in [2.45, 2.75) is 68.6 Å². The number of carbonyl (C=O) groups excluding carboxylic acids is 1. The fourth-order valence-corrected chi connectivity index (χ4v) is 11.3. The molecule has 1 aromatic rings. The lowest BCUT2D eigenvalue weighted by Crippen LogP contribution is -2.75. The van der Waals surface area contributed by atoms with Gasteiger partial charge in [0.15, 0.2) is 0 Å². The first kappa shape index (κ1) is 19.6. The van der Waals surface area contributed by atoms with Gasteiger partial charge in [-0.3, -0.25) is 4.90 Å². The molecule has 6 saturated carbocycles. The summed E-state index contributed by atoms with van der Waals surface area (Å²) in [6.45, 7) is 7.14. The number of hydrogen-bond acceptors (Lipinski definition) is 6. The van der Waals surface area contributed by atoms with Crippen LogP contribution >= 0.6 is 0 Å². The van der Waals surface area contributed by atoms with E-state index in [4.69, 9.17) is 4.74 Å². The molecule has 10 rings (SSSR count). The lowest BCUT2D eigenvalue weighted by molar-refractivity contribution is -0.288. The molecule has 13 unspecified atom stereocenters. The molecule has 33 heavy (non-hydrogen) atoms. The highest BCUT2D eigenvalue weighted by Crippen LogP contribution is 2.88. The Bertz CT molecular complexity index is 1120. The number of hydrogen-bond donors (Lipinski definition) is 3. The summed E-state index contributed by atoms with van der Waals surface area (Å²) in [6, 6.07) is 9.37. The number of benzene rings is 1. The van der Waals surface area contributed by atoms with E-state index in [-0.39, 0.29) is 29.8 Å². The molecule has 9 fully saturated rings. The van der Waals surface area contributed by atoms with Crippen molar-refractivity contribution in [3.8, 4) is 0 Å². The minimum absolute atomic E-state index is 0.137. The smallest absolute Gasteiger partial charge is 0.338 e. The van der Waals surface area contributed by atoms with Gasteiger partial charge in [0.05, 0.1) is 23.4 Å². The minimum atomic E-state index is -1.02. The van der Waals surface area contributed by atoms with Crippen molar-refractivity contribution in [2.75, 3.05) is 6.54 Å². The van der Waals surface area contributed by atoms with Crippen LogP contribution in [0, 0.1) is 34.0 Å². The second kappa shape index (κ2) is 5.40. The zero-order valence-electron chi connectivity index (χ0n) is 18.9. The van der Waals surface area contributed by atoms with Gasteiger partial charge in [-0.1, -0.05) is 31.7 Å². The van der Waals surface area contributed by atoms with Crippen molar-refractivity contribution < 1.29 is 24.9 Å². The molecule has 0 amide bonds. The molecule has 6 heteroatoms. The van der Waals surface area contributed by atoms with Crippen LogP contribution in [0.4, 0.5) is 0 Å². The topological polar surface area (TPSA) is 90.2 Å². The van der Waals surface area contributed by atoms with Crippen LogP contribution < -0.4 is 0 Å². The maximum absolute atomic E-state index is 13.0. The highest BCUT2D eigenvalue weighted by Gasteiger charge is 2.94. The second-order valence-electron chi connectivity index (χ2n) is 12.5. The number of aliphatic hydroxyl groups excluding tert-OH is 2. The summed E-state index contributed by atoms with van der Waals surface area (Å²) in [7, 11) is 0. The van der Waals surface area contributed by atoms with Crippen LogP contribution in [0.15, 0.2) is 42.5 Å². The molecule has 3 saturated heterocycles. The predicted molar refractivity (Wildman–Crippen MR) is 118 cm³/mol. The van der Waals surface area contributed by atoms with E-state index in [1.54, 1.807) is 24.3 Å². The van der Waals surface area contributed by atoms with E-state index < -0.39 is 46.1 Å². The molecule has 3 aliphatic heterocycles. The SMILES string of the molecule is C=C1C2CC3C4N5CC6(C)C(O)C(OC(=O)c7ccccc7)CC47C6C5CC3(C1O)C7(O)C2. The normalized spacial score (nSPS) is 60.5. The summed E-state index contributed by atoms with van der Waals surface area (Å²) in [5.41, 5.74) is -1.11. The standard InChI is InChI=1S/C27H31NO5/c1-13-15-8-16-20-26-11-18(33-23(31)14-6-4-3-5-7-14)22(30)24(2)12-28(20)17(19(24)26)10-25(16,21(13)29)27(26,32)9-15/h3-7,15-22,29-30,32H,1,8-12H2,2H3. The number of rotatable bonds is 2. The molecule has 3 heterocycles. The molecule has 174 valence electrons. The molecule has 6 nitrogen and oxygen atoms in total. The Morgan fingerprint density at radius 1 is 1.15 bits per heavy atom. The number of esters is 1. The van der Waals surface area contributed by atoms with Gasteiger partial charge >= 0.3 is 5.97 Å². The first-order valence-corrected chi connectivity index (χ1v) is 12.5. The van der Waals surface area contributed by atoms with E-state index in [9.17, 15) is 20.1 Å². The number of aliphatic hydroxyl groups is 3. The van der Waals surface area contributed by atoms with Gasteiger partial charge in [0.1, 0.15) is 6.10 Å². The molecule has 9 bridgehead atoms. The van der Waals surface area contributed by atoms with E-state index in [1.165, 1.54) is 0 Å². The first-order chi connectivity index (χ1) is 15.7. The van der Waals surface area contributed by atoms with E-state index in [0.717, 1.165) is 25.0 Å². The minimum Gasteiger partial charge on any atom is -0.456 e. The van der Waals surface area contributed by atoms with Gasteiger partial charge in [0, 0.05) is 34.9 Å². The van der Waals surface area contributed by atoms with Crippen LogP contribution in [0.25, 0.3) is 0 Å². The van der Waals surface area contributed by atoms with Crippen molar-refractivity contribution in [1.29, 1.82) is 0 Å². The number of fused-ring (bicyclic) bond motifs is 1. The van der Waals surface area contributed by atoms with Crippen molar-refractivity contribution in [3.63, 3.8) is 0 Å². The number of ether oxygens (including phenoxy) is 1. The lowest BCUT2D eigenvalue weighted by atomic mass is 9.37. The molecule has 1 aromatic carbocycles. The highest BCUT2D eigenvalue weighted by molar-refractivity contribution is 5.89. The molecule has 3 N–H and O–H groups in total. The molecule has 9 aliphatic rings. The Morgan fingerprint density at radius 2 is 1.91 bits per heavy atom. The summed E-state index contributed by atoms with van der Waals surface area (Å²) in [6.07, 6.45) is 0.747. The van der Waals surface area contributed by atoms with Gasteiger partial charge in [-0.25, -0.2) is 4.79 Å². The van der Waals surface area contributed by atoms with Crippen LogP contribution in [0.5, 0.6) is 0 Å². The van der Waals surface area contributed by atoms with Gasteiger partial charge in [-0.15, -0.1) is 0 Å². The molecule has 2 spiro atoms. The third-order valence-corrected chi connectivity index (χ3v) is 11.9. The largest absolute Gasteiger partial charge is 0.456 e. The van der Waals surface area contributed by atoms with Gasteiger partial charge in [-0.2, -0.15) is 0 Å². The van der Waals surface area contributed by atoms with E-state index >= 15 is 0 Å². The first-order valence-electron chi connectivity index (χ1n) is 12.5. The van der Waals surface area contributed by atoms with E-state index in [0.29, 0.717) is 18.4 Å². The van der Waals surface area contributed by atoms with Crippen LogP contribution in [0.1, 0.15) is 43.0 Å². The zero-order valence-corrected chi connectivity index (χ0v) is 18.9. The molecule has 0 radical (unpaired) electrons. The summed E-state index contributed by atoms with van der Waals surface area (Å²) in [5.74, 6) is 0.0952. The maximum Gasteiger partial charge on any atom is 0.338 e. The Kier molecular flexibility index (Phi) is 3.20. The quantitative estimate of drug-likeness (QED) is 0.471. The lowest BCUT2D eigenvalue weighted by Gasteiger charge is -2.69. The predicted octanol–water partition coefficient (Wildman–Crippen LogP) is 1.74. The molecule has 13 atom stereocenters. The number of nitrogens with zero attached hydrogens (tertiary/aromatic N) is 1. The molecular formula is C27H31NO5. The Hall–Kier alpha value is -1.73. The average molecular weight is 450 g/mol. The van der Waals surface area contributed by atoms with Gasteiger partial charge in [0.2, 0.25) is 0 Å². The monoisotopic (exact) mass is 449 g/mol. The van der Waals surface area contributed by atoms with Crippen molar-refractivity contribution in [2.24, 2.45) is 34.0 Å². The van der Waals surface area contributed by atoms with E-state index in [1.807, 2.05) is 6.07 Å². The van der Waals surface area contributed by atoms with Gasteiger partial charge < -0.3 is 20.1 Å². The Morgan fingerprint density at radius 3 is 2.67 bits per heavy atom. The maximum atomic E-state index is 13.0. The average Bonchev–Trinajstić information content (AvgIpc) is 3.21. The molecule has 0 aromatic heterocycles. The Balaban J connectivity index is 1.27. The zero-order chi connectivity index (χ0) is 22.7. The van der Waals surface area contributed by atoms with E-state index in [2.05, 4.69) is 18.4 Å². The van der Waals surface area contributed by atoms with Crippen LogP contribution in [0.3, 0.4) is 0 Å². The third kappa shape index (κ3) is 1.67. The van der Waals surface area contributed by atoms with Crippen LogP contribution in [-0.4, -0.2) is 68.7 Å². The number of carbonyl (C=O) groups is 1. The summed E-state index contributed by atoms with van der Waals surface area (Å²) >= 11 is 0. The van der Waals surface area contributed by atoms with Crippen molar-refractivity contribution in [1.82, 2.24) is 4.90 Å². The summed E-state index contributed by atoms with van der Waals surface area (Å²) in [5, 5.41) is 35.8. The third-order valence-electron chi connectivity index (χ3n) is 11.9. The number of piperidine rings is 2. The molecule has 6 aliphatic carbocycles.